The van der Waals surface area contributed by atoms with E-state index in [0.717, 1.165) is 25.8 Å². The third kappa shape index (κ3) is 2.68. The zero-order valence-electron chi connectivity index (χ0n) is 15.7. The molecule has 6 heteroatoms. The molecule has 136 valence electrons. The maximum Gasteiger partial charge on any atom is 0.413 e. The number of rotatable bonds is 1. The fourth-order valence-electron chi connectivity index (χ4n) is 4.23. The Morgan fingerprint density at radius 1 is 1.17 bits per heavy atom. The number of likely N-dealkylation sites (tertiary alicyclic amines) is 1. The minimum Gasteiger partial charge on any atom is -0.444 e. The number of nitrogens with zero attached hydrogens (tertiary/aromatic N) is 2. The molecule has 1 spiro atoms. The van der Waals surface area contributed by atoms with Crippen molar-refractivity contribution in [2.45, 2.75) is 96.2 Å². The molecule has 3 fully saturated rings. The molecule has 1 saturated carbocycles. The van der Waals surface area contributed by atoms with Crippen LogP contribution in [0.2, 0.25) is 0 Å². The first-order valence-corrected chi connectivity index (χ1v) is 8.99. The van der Waals surface area contributed by atoms with Gasteiger partial charge in [-0.1, -0.05) is 0 Å². The standard InChI is InChI=1S/C18H30N2O4/c1-12-13(14(21)19-11-10-18(19)8-7-9-18)20(17(5,6)23-12)15(22)24-16(2,3)4/h12-13H,7-11H2,1-6H3/t12-,13+/m0/s1. The van der Waals surface area contributed by atoms with Crippen molar-refractivity contribution in [2.75, 3.05) is 6.54 Å². The van der Waals surface area contributed by atoms with E-state index in [-0.39, 0.29) is 17.6 Å². The molecule has 3 aliphatic rings. The molecule has 0 bridgehead atoms. The molecular formula is C18H30N2O4. The first kappa shape index (κ1) is 17.5. The number of hydrogen-bond acceptors (Lipinski definition) is 4. The van der Waals surface area contributed by atoms with Crippen molar-refractivity contribution in [3.63, 3.8) is 0 Å². The molecular weight excluding hydrogens is 308 g/mol. The maximum atomic E-state index is 13.2. The van der Waals surface area contributed by atoms with Gasteiger partial charge in [-0.3, -0.25) is 9.69 Å². The van der Waals surface area contributed by atoms with Crippen LogP contribution in [0.15, 0.2) is 0 Å². The highest BCUT2D eigenvalue weighted by molar-refractivity contribution is 5.88. The van der Waals surface area contributed by atoms with Crippen molar-refractivity contribution in [1.82, 2.24) is 9.80 Å². The van der Waals surface area contributed by atoms with Crippen LogP contribution in [0.3, 0.4) is 0 Å². The lowest BCUT2D eigenvalue weighted by atomic mass is 9.67. The molecule has 2 heterocycles. The Hall–Kier alpha value is -1.30. The van der Waals surface area contributed by atoms with Gasteiger partial charge in [-0.05, 0) is 67.2 Å². The summed E-state index contributed by atoms with van der Waals surface area (Å²) in [6.45, 7) is 11.8. The molecule has 2 amide bonds. The first-order valence-electron chi connectivity index (χ1n) is 8.99. The first-order chi connectivity index (χ1) is 11.0. The fraction of sp³-hybridized carbons (Fsp3) is 0.889. The predicted octanol–water partition coefficient (Wildman–Crippen LogP) is 2.90. The van der Waals surface area contributed by atoms with E-state index in [0.29, 0.717) is 0 Å². The fourth-order valence-corrected chi connectivity index (χ4v) is 4.23. The van der Waals surface area contributed by atoms with Gasteiger partial charge in [0.05, 0.1) is 6.10 Å². The highest BCUT2D eigenvalue weighted by Gasteiger charge is 2.58. The van der Waals surface area contributed by atoms with Gasteiger partial charge < -0.3 is 14.4 Å². The zero-order chi connectivity index (χ0) is 17.9. The molecule has 0 aromatic rings. The smallest absolute Gasteiger partial charge is 0.413 e. The lowest BCUT2D eigenvalue weighted by Crippen LogP contribution is -2.69. The molecule has 3 rings (SSSR count). The van der Waals surface area contributed by atoms with Gasteiger partial charge in [0.25, 0.3) is 0 Å². The summed E-state index contributed by atoms with van der Waals surface area (Å²) in [6, 6.07) is -0.618. The Morgan fingerprint density at radius 2 is 1.79 bits per heavy atom. The Balaban J connectivity index is 1.83. The van der Waals surface area contributed by atoms with E-state index < -0.39 is 23.5 Å². The Bertz CT molecular complexity index is 542. The Kier molecular flexibility index (Phi) is 3.90. The van der Waals surface area contributed by atoms with E-state index in [1.54, 1.807) is 0 Å². The number of carbonyl (C=O) groups is 2. The summed E-state index contributed by atoms with van der Waals surface area (Å²) in [5.74, 6) is 0.00452. The van der Waals surface area contributed by atoms with Crippen LogP contribution in [0.5, 0.6) is 0 Å². The van der Waals surface area contributed by atoms with Gasteiger partial charge in [0, 0.05) is 12.1 Å². The molecule has 0 N–H and O–H groups in total. The summed E-state index contributed by atoms with van der Waals surface area (Å²) < 4.78 is 11.5. The van der Waals surface area contributed by atoms with E-state index in [2.05, 4.69) is 0 Å². The second kappa shape index (κ2) is 5.35. The number of amides is 2. The van der Waals surface area contributed by atoms with Gasteiger partial charge in [-0.25, -0.2) is 4.79 Å². The van der Waals surface area contributed by atoms with Crippen molar-refractivity contribution < 1.29 is 19.1 Å². The van der Waals surface area contributed by atoms with E-state index >= 15 is 0 Å². The van der Waals surface area contributed by atoms with Crippen molar-refractivity contribution in [3.05, 3.63) is 0 Å². The molecule has 6 nitrogen and oxygen atoms in total. The molecule has 0 unspecified atom stereocenters. The maximum absolute atomic E-state index is 13.2. The van der Waals surface area contributed by atoms with E-state index in [4.69, 9.17) is 9.47 Å². The van der Waals surface area contributed by atoms with E-state index in [1.807, 2.05) is 46.4 Å². The van der Waals surface area contributed by atoms with Crippen LogP contribution < -0.4 is 0 Å². The average Bonchev–Trinajstić information content (AvgIpc) is 2.52. The van der Waals surface area contributed by atoms with Gasteiger partial charge in [0.2, 0.25) is 5.91 Å². The van der Waals surface area contributed by atoms with Gasteiger partial charge in [-0.15, -0.1) is 0 Å². The number of carbonyl (C=O) groups excluding carboxylic acids is 2. The van der Waals surface area contributed by atoms with Crippen LogP contribution in [0.1, 0.15) is 67.2 Å². The quantitative estimate of drug-likeness (QED) is 0.738. The van der Waals surface area contributed by atoms with Crippen LogP contribution in [0, 0.1) is 0 Å². The molecule has 0 aromatic carbocycles. The largest absolute Gasteiger partial charge is 0.444 e. The highest BCUT2D eigenvalue weighted by Crippen LogP contribution is 2.48. The summed E-state index contributed by atoms with van der Waals surface area (Å²) in [7, 11) is 0. The average molecular weight is 338 g/mol. The molecule has 2 saturated heterocycles. The van der Waals surface area contributed by atoms with Crippen LogP contribution in [0.25, 0.3) is 0 Å². The van der Waals surface area contributed by atoms with Crippen LogP contribution in [-0.4, -0.2) is 57.4 Å². The number of hydrogen-bond donors (Lipinski definition) is 0. The molecule has 0 aromatic heterocycles. The van der Waals surface area contributed by atoms with Crippen molar-refractivity contribution in [3.8, 4) is 0 Å². The molecule has 1 aliphatic carbocycles. The van der Waals surface area contributed by atoms with E-state index in [9.17, 15) is 9.59 Å². The van der Waals surface area contributed by atoms with Crippen molar-refractivity contribution in [2.24, 2.45) is 0 Å². The van der Waals surface area contributed by atoms with Crippen LogP contribution in [-0.2, 0) is 14.3 Å². The lowest BCUT2D eigenvalue weighted by molar-refractivity contribution is -0.161. The van der Waals surface area contributed by atoms with E-state index in [1.165, 1.54) is 11.3 Å². The van der Waals surface area contributed by atoms with Gasteiger partial charge >= 0.3 is 6.09 Å². The van der Waals surface area contributed by atoms with Crippen molar-refractivity contribution >= 4 is 12.0 Å². The van der Waals surface area contributed by atoms with Crippen molar-refractivity contribution in [1.29, 1.82) is 0 Å². The molecule has 2 aliphatic heterocycles. The van der Waals surface area contributed by atoms with Gasteiger partial charge in [0.15, 0.2) is 0 Å². The Morgan fingerprint density at radius 3 is 2.21 bits per heavy atom. The van der Waals surface area contributed by atoms with Gasteiger partial charge in [-0.2, -0.15) is 0 Å². The minimum atomic E-state index is -0.861. The predicted molar refractivity (Wildman–Crippen MR) is 89.4 cm³/mol. The normalized spacial score (nSPS) is 30.8. The second-order valence-electron chi connectivity index (χ2n) is 8.88. The summed E-state index contributed by atoms with van der Waals surface area (Å²) in [5, 5.41) is 0. The summed E-state index contributed by atoms with van der Waals surface area (Å²) in [5.41, 5.74) is -1.42. The molecule has 24 heavy (non-hydrogen) atoms. The third-order valence-corrected chi connectivity index (χ3v) is 5.54. The monoisotopic (exact) mass is 338 g/mol. The highest BCUT2D eigenvalue weighted by atomic mass is 16.6. The SMILES string of the molecule is C[C@@H]1OC(C)(C)N(C(=O)OC(C)(C)C)[C@H]1C(=O)N1CCC12CCC2. The third-order valence-electron chi connectivity index (χ3n) is 5.54. The zero-order valence-corrected chi connectivity index (χ0v) is 15.7. The minimum absolute atomic E-state index is 0.00452. The number of ether oxygens (including phenoxy) is 2. The Labute approximate surface area is 144 Å². The summed E-state index contributed by atoms with van der Waals surface area (Å²) in [6.07, 6.45) is 3.59. The second-order valence-corrected chi connectivity index (χ2v) is 8.88. The lowest BCUT2D eigenvalue weighted by Gasteiger charge is -2.59. The van der Waals surface area contributed by atoms with Gasteiger partial charge in [0.1, 0.15) is 17.4 Å². The molecule has 0 radical (unpaired) electrons. The van der Waals surface area contributed by atoms with Crippen LogP contribution >= 0.6 is 0 Å². The molecule has 2 atom stereocenters. The van der Waals surface area contributed by atoms with Crippen LogP contribution in [0.4, 0.5) is 4.79 Å². The topological polar surface area (TPSA) is 59.1 Å². The summed E-state index contributed by atoms with van der Waals surface area (Å²) >= 11 is 0. The summed E-state index contributed by atoms with van der Waals surface area (Å²) in [4.78, 5) is 29.4.